The number of fused-ring (bicyclic) bond motifs is 1. The predicted molar refractivity (Wildman–Crippen MR) is 76.3 cm³/mol. The van der Waals surface area contributed by atoms with Crippen LogP contribution in [-0.2, 0) is 0 Å². The van der Waals surface area contributed by atoms with Crippen LogP contribution in [0.25, 0.3) is 22.2 Å². The fourth-order valence-electron chi connectivity index (χ4n) is 2.16. The second kappa shape index (κ2) is 4.43. The lowest BCUT2D eigenvalue weighted by Crippen LogP contribution is -1.98. The molecule has 0 aliphatic carbocycles. The van der Waals surface area contributed by atoms with Gasteiger partial charge < -0.3 is 5.73 Å². The molecule has 0 aliphatic rings. The van der Waals surface area contributed by atoms with Crippen LogP contribution in [0.15, 0.2) is 54.6 Å². The van der Waals surface area contributed by atoms with E-state index in [0.29, 0.717) is 16.9 Å². The standard InChI is InChI=1S/C16H11N3/c17-10-13-15(18)12-8-4-5-9-14(12)19-16(13)11-6-2-1-3-7-11/h1-9H,(H2,18,19). The topological polar surface area (TPSA) is 62.7 Å². The number of pyridine rings is 1. The number of anilines is 1. The summed E-state index contributed by atoms with van der Waals surface area (Å²) in [6.45, 7) is 0. The second-order valence-electron chi connectivity index (χ2n) is 4.24. The third-order valence-electron chi connectivity index (χ3n) is 3.09. The highest BCUT2D eigenvalue weighted by Crippen LogP contribution is 2.30. The number of rotatable bonds is 1. The van der Waals surface area contributed by atoms with Crippen LogP contribution >= 0.6 is 0 Å². The third-order valence-corrected chi connectivity index (χ3v) is 3.09. The molecule has 1 heterocycles. The van der Waals surface area contributed by atoms with E-state index in [-0.39, 0.29) is 0 Å². The molecule has 0 aliphatic heterocycles. The Labute approximate surface area is 110 Å². The molecule has 0 bridgehead atoms. The highest BCUT2D eigenvalue weighted by molar-refractivity contribution is 5.96. The number of hydrogen-bond donors (Lipinski definition) is 1. The summed E-state index contributed by atoms with van der Waals surface area (Å²) in [4.78, 5) is 4.57. The molecule has 0 unspecified atom stereocenters. The molecule has 0 spiro atoms. The molecule has 0 fully saturated rings. The lowest BCUT2D eigenvalue weighted by molar-refractivity contribution is 1.36. The zero-order chi connectivity index (χ0) is 13.2. The maximum Gasteiger partial charge on any atom is 0.104 e. The molecule has 3 heteroatoms. The minimum Gasteiger partial charge on any atom is -0.397 e. The number of nitrogen functional groups attached to an aromatic ring is 1. The van der Waals surface area contributed by atoms with Gasteiger partial charge in [0.1, 0.15) is 11.6 Å². The highest BCUT2D eigenvalue weighted by Gasteiger charge is 2.13. The number of hydrogen-bond acceptors (Lipinski definition) is 3. The van der Waals surface area contributed by atoms with E-state index in [4.69, 9.17) is 5.73 Å². The van der Waals surface area contributed by atoms with Crippen LogP contribution in [0.5, 0.6) is 0 Å². The molecule has 0 radical (unpaired) electrons. The molecule has 0 atom stereocenters. The molecule has 3 nitrogen and oxygen atoms in total. The van der Waals surface area contributed by atoms with E-state index in [0.717, 1.165) is 16.5 Å². The summed E-state index contributed by atoms with van der Waals surface area (Å²) >= 11 is 0. The van der Waals surface area contributed by atoms with Gasteiger partial charge in [0.05, 0.1) is 16.9 Å². The molecular formula is C16H11N3. The average molecular weight is 245 g/mol. The van der Waals surface area contributed by atoms with Gasteiger partial charge in [-0.1, -0.05) is 48.5 Å². The SMILES string of the molecule is N#Cc1c(-c2ccccc2)nc2ccccc2c1N. The second-order valence-corrected chi connectivity index (χ2v) is 4.24. The van der Waals surface area contributed by atoms with Crippen molar-refractivity contribution in [2.24, 2.45) is 0 Å². The number of nitrogens with two attached hydrogens (primary N) is 1. The Morgan fingerprint density at radius 3 is 2.37 bits per heavy atom. The van der Waals surface area contributed by atoms with E-state index in [2.05, 4.69) is 11.1 Å². The first kappa shape index (κ1) is 11.2. The van der Waals surface area contributed by atoms with Gasteiger partial charge in [-0.25, -0.2) is 4.98 Å². The summed E-state index contributed by atoms with van der Waals surface area (Å²) in [6, 6.07) is 19.4. The van der Waals surface area contributed by atoms with Crippen molar-refractivity contribution in [3.05, 3.63) is 60.2 Å². The molecule has 0 saturated heterocycles. The molecule has 2 N–H and O–H groups in total. The Hall–Kier alpha value is -2.86. The maximum atomic E-state index is 9.35. The molecule has 90 valence electrons. The van der Waals surface area contributed by atoms with Crippen LogP contribution < -0.4 is 5.73 Å². The van der Waals surface area contributed by atoms with Gasteiger partial charge in [0.15, 0.2) is 0 Å². The first-order chi connectivity index (χ1) is 9.31. The van der Waals surface area contributed by atoms with Gasteiger partial charge in [0, 0.05) is 10.9 Å². The Bertz CT molecular complexity index is 786. The van der Waals surface area contributed by atoms with E-state index < -0.39 is 0 Å². The van der Waals surface area contributed by atoms with Crippen molar-refractivity contribution in [3.63, 3.8) is 0 Å². The normalized spacial score (nSPS) is 10.3. The summed E-state index contributed by atoms with van der Waals surface area (Å²) in [7, 11) is 0. The fraction of sp³-hybridized carbons (Fsp3) is 0. The molecule has 0 amide bonds. The molecular weight excluding hydrogens is 234 g/mol. The third kappa shape index (κ3) is 1.80. The number of para-hydroxylation sites is 1. The van der Waals surface area contributed by atoms with Crippen molar-refractivity contribution < 1.29 is 0 Å². The maximum absolute atomic E-state index is 9.35. The van der Waals surface area contributed by atoms with Crippen LogP contribution in [0.2, 0.25) is 0 Å². The molecule has 3 rings (SSSR count). The van der Waals surface area contributed by atoms with Crippen LogP contribution in [0.1, 0.15) is 5.56 Å². The fourth-order valence-corrected chi connectivity index (χ4v) is 2.16. The molecule has 19 heavy (non-hydrogen) atoms. The number of nitriles is 1. The van der Waals surface area contributed by atoms with E-state index in [1.807, 2.05) is 54.6 Å². The van der Waals surface area contributed by atoms with Gasteiger partial charge in [-0.3, -0.25) is 0 Å². The monoisotopic (exact) mass is 245 g/mol. The Morgan fingerprint density at radius 2 is 1.63 bits per heavy atom. The van der Waals surface area contributed by atoms with Crippen molar-refractivity contribution in [2.75, 3.05) is 5.73 Å². The summed E-state index contributed by atoms with van der Waals surface area (Å²) < 4.78 is 0. The quantitative estimate of drug-likeness (QED) is 0.715. The van der Waals surface area contributed by atoms with Crippen LogP contribution in [0.3, 0.4) is 0 Å². The van der Waals surface area contributed by atoms with Crippen molar-refractivity contribution >= 4 is 16.6 Å². The molecule has 3 aromatic rings. The van der Waals surface area contributed by atoms with Crippen molar-refractivity contribution in [1.82, 2.24) is 4.98 Å². The van der Waals surface area contributed by atoms with Gasteiger partial charge in [0.2, 0.25) is 0 Å². The number of nitrogens with zero attached hydrogens (tertiary/aromatic N) is 2. The predicted octanol–water partition coefficient (Wildman–Crippen LogP) is 3.36. The van der Waals surface area contributed by atoms with Crippen molar-refractivity contribution in [3.8, 4) is 17.3 Å². The first-order valence-corrected chi connectivity index (χ1v) is 5.95. The van der Waals surface area contributed by atoms with Gasteiger partial charge in [-0.05, 0) is 6.07 Å². The number of aromatic nitrogens is 1. The molecule has 2 aromatic carbocycles. The van der Waals surface area contributed by atoms with E-state index in [1.165, 1.54) is 0 Å². The zero-order valence-electron chi connectivity index (χ0n) is 10.2. The Morgan fingerprint density at radius 1 is 0.947 bits per heavy atom. The van der Waals surface area contributed by atoms with Crippen LogP contribution in [0, 0.1) is 11.3 Å². The van der Waals surface area contributed by atoms with E-state index in [1.54, 1.807) is 0 Å². The Kier molecular flexibility index (Phi) is 2.62. The van der Waals surface area contributed by atoms with Gasteiger partial charge in [0.25, 0.3) is 0 Å². The summed E-state index contributed by atoms with van der Waals surface area (Å²) in [6.07, 6.45) is 0. The largest absolute Gasteiger partial charge is 0.397 e. The lowest BCUT2D eigenvalue weighted by atomic mass is 10.0. The van der Waals surface area contributed by atoms with E-state index in [9.17, 15) is 5.26 Å². The highest BCUT2D eigenvalue weighted by atomic mass is 14.7. The Balaban J connectivity index is 2.40. The van der Waals surface area contributed by atoms with Crippen LogP contribution in [-0.4, -0.2) is 4.98 Å². The summed E-state index contributed by atoms with van der Waals surface area (Å²) in [5.41, 5.74) is 9.37. The van der Waals surface area contributed by atoms with Crippen molar-refractivity contribution in [2.45, 2.75) is 0 Å². The van der Waals surface area contributed by atoms with Gasteiger partial charge >= 0.3 is 0 Å². The zero-order valence-corrected chi connectivity index (χ0v) is 10.2. The van der Waals surface area contributed by atoms with E-state index >= 15 is 0 Å². The smallest absolute Gasteiger partial charge is 0.104 e. The lowest BCUT2D eigenvalue weighted by Gasteiger charge is -2.09. The minimum absolute atomic E-state index is 0.435. The van der Waals surface area contributed by atoms with Gasteiger partial charge in [-0.15, -0.1) is 0 Å². The average Bonchev–Trinajstić information content (AvgIpc) is 2.48. The molecule has 1 aromatic heterocycles. The number of benzene rings is 2. The van der Waals surface area contributed by atoms with Crippen molar-refractivity contribution in [1.29, 1.82) is 5.26 Å². The van der Waals surface area contributed by atoms with Gasteiger partial charge in [-0.2, -0.15) is 5.26 Å². The first-order valence-electron chi connectivity index (χ1n) is 5.95. The summed E-state index contributed by atoms with van der Waals surface area (Å²) in [5.74, 6) is 0. The minimum atomic E-state index is 0.435. The van der Waals surface area contributed by atoms with Crippen LogP contribution in [0.4, 0.5) is 5.69 Å². The molecule has 0 saturated carbocycles. The summed E-state index contributed by atoms with van der Waals surface area (Å²) in [5, 5.41) is 10.2.